The zero-order valence-electron chi connectivity index (χ0n) is 14.6. The Morgan fingerprint density at radius 1 is 1.24 bits per heavy atom. The molecule has 1 aliphatic carbocycles. The van der Waals surface area contributed by atoms with Crippen LogP contribution in [0.5, 0.6) is 5.75 Å². The van der Waals surface area contributed by atoms with Crippen LogP contribution in [0.15, 0.2) is 29.2 Å². The number of piperidine rings is 1. The molecule has 1 N–H and O–H groups in total. The first kappa shape index (κ1) is 17.3. The predicted molar refractivity (Wildman–Crippen MR) is 93.9 cm³/mol. The maximum atomic E-state index is 13.3. The Morgan fingerprint density at radius 3 is 2.68 bits per heavy atom. The van der Waals surface area contributed by atoms with Gasteiger partial charge in [0.05, 0.1) is 18.6 Å². The van der Waals surface area contributed by atoms with Crippen molar-refractivity contribution >= 4 is 10.0 Å². The van der Waals surface area contributed by atoms with E-state index in [2.05, 4.69) is 5.32 Å². The number of hydrogen-bond donors (Lipinski definition) is 1. The molecule has 1 spiro atoms. The number of benzene rings is 1. The molecular weight excluding hydrogens is 340 g/mol. The van der Waals surface area contributed by atoms with Gasteiger partial charge in [-0.05, 0) is 37.1 Å². The van der Waals surface area contributed by atoms with Crippen LogP contribution in [-0.2, 0) is 14.8 Å². The molecule has 3 aliphatic rings. The van der Waals surface area contributed by atoms with E-state index in [0.29, 0.717) is 30.2 Å². The summed E-state index contributed by atoms with van der Waals surface area (Å²) >= 11 is 0. The second kappa shape index (κ2) is 6.54. The molecule has 3 unspecified atom stereocenters. The molecule has 3 atom stereocenters. The number of rotatable bonds is 3. The lowest BCUT2D eigenvalue weighted by Gasteiger charge is -2.51. The van der Waals surface area contributed by atoms with Crippen LogP contribution in [0.1, 0.15) is 32.1 Å². The smallest absolute Gasteiger partial charge is 0.243 e. The maximum Gasteiger partial charge on any atom is 0.243 e. The summed E-state index contributed by atoms with van der Waals surface area (Å²) in [6.07, 6.45) is 4.86. The number of sulfonamides is 1. The Bertz CT molecular complexity index is 713. The van der Waals surface area contributed by atoms with E-state index >= 15 is 0 Å². The van der Waals surface area contributed by atoms with Gasteiger partial charge < -0.3 is 9.47 Å². The third-order valence-corrected chi connectivity index (χ3v) is 7.89. The van der Waals surface area contributed by atoms with Gasteiger partial charge in [-0.25, -0.2) is 8.42 Å². The molecule has 0 radical (unpaired) electrons. The summed E-state index contributed by atoms with van der Waals surface area (Å²) in [6.45, 7) is 2.07. The summed E-state index contributed by atoms with van der Waals surface area (Å²) in [4.78, 5) is 0.342. The van der Waals surface area contributed by atoms with Gasteiger partial charge in [0.15, 0.2) is 0 Å². The third-order valence-electron chi connectivity index (χ3n) is 5.95. The molecule has 138 valence electrons. The third kappa shape index (κ3) is 2.87. The van der Waals surface area contributed by atoms with Crippen LogP contribution in [0.3, 0.4) is 0 Å². The molecule has 7 heteroatoms. The summed E-state index contributed by atoms with van der Waals surface area (Å²) in [5.74, 6) is 0.890. The molecule has 2 aliphatic heterocycles. The molecule has 0 aromatic heterocycles. The average molecular weight is 366 g/mol. The second-order valence-corrected chi connectivity index (χ2v) is 9.05. The summed E-state index contributed by atoms with van der Waals surface area (Å²) in [6, 6.07) is 6.71. The van der Waals surface area contributed by atoms with Gasteiger partial charge in [-0.15, -0.1) is 0 Å². The van der Waals surface area contributed by atoms with E-state index in [1.54, 1.807) is 35.7 Å². The number of fused-ring (bicyclic) bond motifs is 2. The van der Waals surface area contributed by atoms with Crippen molar-refractivity contribution < 1.29 is 17.9 Å². The van der Waals surface area contributed by atoms with Gasteiger partial charge in [-0.3, -0.25) is 5.32 Å². The van der Waals surface area contributed by atoms with E-state index in [4.69, 9.17) is 9.47 Å². The molecule has 6 nitrogen and oxygen atoms in total. The summed E-state index contributed by atoms with van der Waals surface area (Å²) in [5, 5.41) is 3.54. The molecule has 3 fully saturated rings. The van der Waals surface area contributed by atoms with Gasteiger partial charge >= 0.3 is 0 Å². The minimum Gasteiger partial charge on any atom is -0.497 e. The Labute approximate surface area is 149 Å². The molecule has 25 heavy (non-hydrogen) atoms. The van der Waals surface area contributed by atoms with Gasteiger partial charge in [-0.2, -0.15) is 4.31 Å². The molecule has 0 amide bonds. The van der Waals surface area contributed by atoms with Crippen LogP contribution in [-0.4, -0.2) is 51.3 Å². The van der Waals surface area contributed by atoms with Crippen molar-refractivity contribution in [2.24, 2.45) is 5.92 Å². The lowest BCUT2D eigenvalue weighted by molar-refractivity contribution is -0.120. The monoisotopic (exact) mass is 366 g/mol. The Morgan fingerprint density at radius 2 is 2.00 bits per heavy atom. The Balaban J connectivity index is 1.65. The highest BCUT2D eigenvalue weighted by molar-refractivity contribution is 7.89. The van der Waals surface area contributed by atoms with Crippen molar-refractivity contribution in [3.8, 4) is 5.75 Å². The van der Waals surface area contributed by atoms with E-state index in [9.17, 15) is 8.42 Å². The van der Waals surface area contributed by atoms with Crippen LogP contribution in [0, 0.1) is 5.92 Å². The second-order valence-electron chi connectivity index (χ2n) is 7.16. The van der Waals surface area contributed by atoms with Crippen LogP contribution in [0.25, 0.3) is 0 Å². The average Bonchev–Trinajstić information content (AvgIpc) is 3.11. The highest BCUT2D eigenvalue weighted by Crippen LogP contribution is 2.45. The van der Waals surface area contributed by atoms with Gasteiger partial charge in [0.25, 0.3) is 0 Å². The first-order chi connectivity index (χ1) is 12.1. The summed E-state index contributed by atoms with van der Waals surface area (Å²) in [7, 11) is -1.93. The number of hydrogen-bond acceptors (Lipinski definition) is 5. The first-order valence-corrected chi connectivity index (χ1v) is 10.6. The lowest BCUT2D eigenvalue weighted by atomic mass is 9.74. The molecule has 1 aromatic rings. The van der Waals surface area contributed by atoms with E-state index in [0.717, 1.165) is 32.2 Å². The highest BCUT2D eigenvalue weighted by Gasteiger charge is 2.54. The summed E-state index contributed by atoms with van der Waals surface area (Å²) in [5.41, 5.74) is -0.322. The molecule has 4 rings (SSSR count). The minimum absolute atomic E-state index is 0.0141. The SMILES string of the molecule is COc1ccc(S(=O)(=O)N2CCC3(NCCO3)C3CCCCC32)cc1. The van der Waals surface area contributed by atoms with E-state index in [1.165, 1.54) is 0 Å². The summed E-state index contributed by atoms with van der Waals surface area (Å²) < 4.78 is 39.5. The predicted octanol–water partition coefficient (Wildman–Crippen LogP) is 1.96. The fraction of sp³-hybridized carbons (Fsp3) is 0.667. The molecule has 0 bridgehead atoms. The van der Waals surface area contributed by atoms with Crippen molar-refractivity contribution in [2.45, 2.75) is 48.8 Å². The zero-order valence-corrected chi connectivity index (χ0v) is 15.4. The van der Waals surface area contributed by atoms with Crippen LogP contribution in [0.4, 0.5) is 0 Å². The van der Waals surface area contributed by atoms with Gasteiger partial charge in [-0.1, -0.05) is 12.8 Å². The minimum atomic E-state index is -3.51. The van der Waals surface area contributed by atoms with Crippen molar-refractivity contribution in [3.05, 3.63) is 24.3 Å². The van der Waals surface area contributed by atoms with Crippen molar-refractivity contribution in [1.29, 1.82) is 0 Å². The Hall–Kier alpha value is -1.15. The molecular formula is C18H26N2O4S. The highest BCUT2D eigenvalue weighted by atomic mass is 32.2. The number of nitrogens with one attached hydrogen (secondary N) is 1. The molecule has 1 aromatic carbocycles. The van der Waals surface area contributed by atoms with E-state index in [-0.39, 0.29) is 17.7 Å². The topological polar surface area (TPSA) is 67.9 Å². The van der Waals surface area contributed by atoms with Crippen molar-refractivity contribution in [1.82, 2.24) is 9.62 Å². The molecule has 2 saturated heterocycles. The van der Waals surface area contributed by atoms with Crippen LogP contribution < -0.4 is 10.1 Å². The van der Waals surface area contributed by atoms with Crippen molar-refractivity contribution in [2.75, 3.05) is 26.8 Å². The number of nitrogens with zero attached hydrogens (tertiary/aromatic N) is 1. The largest absolute Gasteiger partial charge is 0.497 e. The first-order valence-electron chi connectivity index (χ1n) is 9.12. The van der Waals surface area contributed by atoms with E-state index < -0.39 is 10.0 Å². The Kier molecular flexibility index (Phi) is 4.52. The number of ether oxygens (including phenoxy) is 2. The standard InChI is InChI=1S/C18H26N2O4S/c1-23-14-6-8-15(9-7-14)25(21,22)20-12-10-18(19-11-13-24-18)16-4-2-3-5-17(16)20/h6-9,16-17,19H,2-5,10-13H2,1H3. The number of methoxy groups -OCH3 is 1. The van der Waals surface area contributed by atoms with Crippen LogP contribution >= 0.6 is 0 Å². The van der Waals surface area contributed by atoms with Gasteiger partial charge in [0, 0.05) is 31.5 Å². The quantitative estimate of drug-likeness (QED) is 0.886. The zero-order chi connectivity index (χ0) is 17.5. The van der Waals surface area contributed by atoms with Gasteiger partial charge in [0.1, 0.15) is 11.5 Å². The normalized spacial score (nSPS) is 33.3. The maximum absolute atomic E-state index is 13.3. The molecule has 2 heterocycles. The van der Waals surface area contributed by atoms with Crippen LogP contribution in [0.2, 0.25) is 0 Å². The van der Waals surface area contributed by atoms with E-state index in [1.807, 2.05) is 0 Å². The van der Waals surface area contributed by atoms with Crippen molar-refractivity contribution in [3.63, 3.8) is 0 Å². The lowest BCUT2D eigenvalue weighted by Crippen LogP contribution is -2.64. The fourth-order valence-corrected chi connectivity index (χ4v) is 6.45. The fourth-order valence-electron chi connectivity index (χ4n) is 4.75. The molecule has 1 saturated carbocycles. The van der Waals surface area contributed by atoms with Gasteiger partial charge in [0.2, 0.25) is 10.0 Å².